The third-order valence-electron chi connectivity index (χ3n) is 5.51. The Morgan fingerprint density at radius 1 is 1.00 bits per heavy atom. The number of anilines is 2. The first-order valence-corrected chi connectivity index (χ1v) is 12.3. The van der Waals surface area contributed by atoms with Crippen LogP contribution in [0.4, 0.5) is 17.1 Å². The second-order valence-electron chi connectivity index (χ2n) is 7.79. The summed E-state index contributed by atoms with van der Waals surface area (Å²) >= 11 is 0. The second kappa shape index (κ2) is 10.6. The highest BCUT2D eigenvalue weighted by Crippen LogP contribution is 2.29. The number of nitro groups is 1. The number of nitrogens with one attached hydrogen (secondary N) is 2. The van der Waals surface area contributed by atoms with Gasteiger partial charge in [0.05, 0.1) is 23.0 Å². The van der Waals surface area contributed by atoms with Gasteiger partial charge in [0, 0.05) is 37.0 Å². The van der Waals surface area contributed by atoms with Crippen molar-refractivity contribution in [3.63, 3.8) is 0 Å². The van der Waals surface area contributed by atoms with Crippen molar-refractivity contribution in [1.82, 2.24) is 9.62 Å². The first-order valence-electron chi connectivity index (χ1n) is 10.9. The van der Waals surface area contributed by atoms with Gasteiger partial charge in [-0.05, 0) is 35.9 Å². The number of benzene rings is 3. The van der Waals surface area contributed by atoms with E-state index in [0.29, 0.717) is 24.5 Å². The van der Waals surface area contributed by atoms with Crippen LogP contribution in [0.25, 0.3) is 0 Å². The SMILES string of the molecule is O=C(NCc1ccccc1S(=O)(=O)N1CCOCC1)c1ccc(Nc2ccccc2)c([N+](=O)[O-])c1. The van der Waals surface area contributed by atoms with Crippen LogP contribution in [-0.4, -0.2) is 49.9 Å². The van der Waals surface area contributed by atoms with Crippen LogP contribution in [0.1, 0.15) is 15.9 Å². The molecule has 2 N–H and O–H groups in total. The van der Waals surface area contributed by atoms with E-state index in [9.17, 15) is 23.3 Å². The number of nitrogens with zero attached hydrogens (tertiary/aromatic N) is 2. The third-order valence-corrected chi connectivity index (χ3v) is 7.51. The quantitative estimate of drug-likeness (QED) is 0.361. The number of carbonyl (C=O) groups excluding carboxylic acids is 1. The van der Waals surface area contributed by atoms with Gasteiger partial charge in [-0.3, -0.25) is 14.9 Å². The molecule has 0 aromatic heterocycles. The molecule has 0 aliphatic carbocycles. The highest BCUT2D eigenvalue weighted by atomic mass is 32.2. The number of hydrogen-bond acceptors (Lipinski definition) is 7. The van der Waals surface area contributed by atoms with Crippen LogP contribution in [-0.2, 0) is 21.3 Å². The van der Waals surface area contributed by atoms with Crippen LogP contribution in [0.3, 0.4) is 0 Å². The molecule has 1 aliphatic heterocycles. The van der Waals surface area contributed by atoms with E-state index in [2.05, 4.69) is 10.6 Å². The average Bonchev–Trinajstić information content (AvgIpc) is 2.88. The predicted octanol–water partition coefficient (Wildman–Crippen LogP) is 3.29. The Hall–Kier alpha value is -3.80. The minimum Gasteiger partial charge on any atom is -0.379 e. The fourth-order valence-corrected chi connectivity index (χ4v) is 5.34. The topological polar surface area (TPSA) is 131 Å². The summed E-state index contributed by atoms with van der Waals surface area (Å²) in [5, 5.41) is 17.3. The Morgan fingerprint density at radius 2 is 1.69 bits per heavy atom. The van der Waals surface area contributed by atoms with Crippen LogP contribution in [0.15, 0.2) is 77.7 Å². The minimum absolute atomic E-state index is 0.0591. The molecular formula is C24H24N4O6S. The summed E-state index contributed by atoms with van der Waals surface area (Å²) in [6.07, 6.45) is 0. The second-order valence-corrected chi connectivity index (χ2v) is 9.69. The summed E-state index contributed by atoms with van der Waals surface area (Å²) in [6, 6.07) is 19.5. The summed E-state index contributed by atoms with van der Waals surface area (Å²) in [7, 11) is -3.75. The maximum absolute atomic E-state index is 13.1. The Morgan fingerprint density at radius 3 is 2.40 bits per heavy atom. The molecule has 4 rings (SSSR count). The lowest BCUT2D eigenvalue weighted by Crippen LogP contribution is -2.41. The normalized spacial score (nSPS) is 14.3. The molecule has 0 unspecified atom stereocenters. The first-order chi connectivity index (χ1) is 16.9. The number of ether oxygens (including phenoxy) is 1. The maximum Gasteiger partial charge on any atom is 0.293 e. The van der Waals surface area contributed by atoms with Gasteiger partial charge >= 0.3 is 0 Å². The Balaban J connectivity index is 1.51. The van der Waals surface area contributed by atoms with Crippen molar-refractivity contribution in [3.05, 3.63) is 94.0 Å². The molecule has 0 bridgehead atoms. The summed E-state index contributed by atoms with van der Waals surface area (Å²) < 4.78 is 32.8. The molecule has 3 aromatic carbocycles. The Labute approximate surface area is 202 Å². The number of sulfonamides is 1. The number of para-hydroxylation sites is 1. The number of rotatable bonds is 8. The van der Waals surface area contributed by atoms with Crippen molar-refractivity contribution in [2.24, 2.45) is 0 Å². The molecule has 1 fully saturated rings. The monoisotopic (exact) mass is 496 g/mol. The highest BCUT2D eigenvalue weighted by Gasteiger charge is 2.28. The molecule has 10 nitrogen and oxygen atoms in total. The number of morpholine rings is 1. The van der Waals surface area contributed by atoms with E-state index < -0.39 is 20.9 Å². The van der Waals surface area contributed by atoms with Crippen LogP contribution >= 0.6 is 0 Å². The zero-order valence-electron chi connectivity index (χ0n) is 18.7. The van der Waals surface area contributed by atoms with Crippen molar-refractivity contribution in [2.45, 2.75) is 11.4 Å². The fraction of sp³-hybridized carbons (Fsp3) is 0.208. The third kappa shape index (κ3) is 5.65. The highest BCUT2D eigenvalue weighted by molar-refractivity contribution is 7.89. The summed E-state index contributed by atoms with van der Waals surface area (Å²) in [5.41, 5.74) is 1.18. The molecule has 0 spiro atoms. The maximum atomic E-state index is 13.1. The molecule has 0 saturated carbocycles. The summed E-state index contributed by atoms with van der Waals surface area (Å²) in [5.74, 6) is -0.557. The standard InChI is InChI=1S/C24H24N4O6S/c29-24(18-10-11-21(22(16-18)28(30)31)26-20-7-2-1-3-8-20)25-17-19-6-4-5-9-23(19)35(32,33)27-12-14-34-15-13-27/h1-11,16,26H,12-15,17H2,(H,25,29). The molecule has 3 aromatic rings. The summed E-state index contributed by atoms with van der Waals surface area (Å²) in [4.78, 5) is 24.0. The van der Waals surface area contributed by atoms with Crippen LogP contribution in [0, 0.1) is 10.1 Å². The lowest BCUT2D eigenvalue weighted by atomic mass is 10.1. The molecular weight excluding hydrogens is 472 g/mol. The van der Waals surface area contributed by atoms with E-state index in [0.717, 1.165) is 0 Å². The van der Waals surface area contributed by atoms with Gasteiger partial charge in [0.2, 0.25) is 10.0 Å². The smallest absolute Gasteiger partial charge is 0.293 e. The minimum atomic E-state index is -3.75. The molecule has 1 heterocycles. The molecule has 11 heteroatoms. The van der Waals surface area contributed by atoms with E-state index in [1.807, 2.05) is 6.07 Å². The van der Waals surface area contributed by atoms with E-state index in [1.165, 1.54) is 28.6 Å². The van der Waals surface area contributed by atoms with Gasteiger partial charge in [0.1, 0.15) is 5.69 Å². The van der Waals surface area contributed by atoms with Crippen molar-refractivity contribution < 1.29 is 22.9 Å². The molecule has 1 aliphatic rings. The Kier molecular flexibility index (Phi) is 7.39. The van der Waals surface area contributed by atoms with Crippen LogP contribution in [0.2, 0.25) is 0 Å². The molecule has 182 valence electrons. The van der Waals surface area contributed by atoms with E-state index in [-0.39, 0.29) is 41.5 Å². The van der Waals surface area contributed by atoms with Crippen molar-refractivity contribution in [1.29, 1.82) is 0 Å². The number of amides is 1. The van der Waals surface area contributed by atoms with Crippen molar-refractivity contribution in [2.75, 3.05) is 31.6 Å². The van der Waals surface area contributed by atoms with Gasteiger partial charge in [-0.25, -0.2) is 8.42 Å². The van der Waals surface area contributed by atoms with Gasteiger partial charge in [0.25, 0.3) is 11.6 Å². The predicted molar refractivity (Wildman–Crippen MR) is 130 cm³/mol. The van der Waals surface area contributed by atoms with E-state index in [4.69, 9.17) is 4.74 Å². The van der Waals surface area contributed by atoms with Gasteiger partial charge < -0.3 is 15.4 Å². The van der Waals surface area contributed by atoms with Gasteiger partial charge in [0.15, 0.2) is 0 Å². The molecule has 0 atom stereocenters. The van der Waals surface area contributed by atoms with E-state index in [1.54, 1.807) is 42.5 Å². The molecule has 1 amide bonds. The van der Waals surface area contributed by atoms with E-state index >= 15 is 0 Å². The largest absolute Gasteiger partial charge is 0.379 e. The molecule has 0 radical (unpaired) electrons. The Bertz CT molecular complexity index is 1320. The van der Waals surface area contributed by atoms with Gasteiger partial charge in [-0.15, -0.1) is 0 Å². The number of carbonyl (C=O) groups is 1. The zero-order valence-corrected chi connectivity index (χ0v) is 19.5. The molecule has 35 heavy (non-hydrogen) atoms. The van der Waals surface area contributed by atoms with Crippen LogP contribution in [0.5, 0.6) is 0 Å². The average molecular weight is 497 g/mol. The lowest BCUT2D eigenvalue weighted by Gasteiger charge is -2.27. The van der Waals surface area contributed by atoms with Gasteiger partial charge in [-0.1, -0.05) is 36.4 Å². The van der Waals surface area contributed by atoms with Crippen molar-refractivity contribution >= 4 is 33.0 Å². The van der Waals surface area contributed by atoms with Gasteiger partial charge in [-0.2, -0.15) is 4.31 Å². The molecule has 1 saturated heterocycles. The van der Waals surface area contributed by atoms with Crippen molar-refractivity contribution in [3.8, 4) is 0 Å². The number of nitro benzene ring substituents is 1. The lowest BCUT2D eigenvalue weighted by molar-refractivity contribution is -0.383. The fourth-order valence-electron chi connectivity index (χ4n) is 3.71. The number of hydrogen-bond donors (Lipinski definition) is 2. The first kappa shape index (κ1) is 24.3. The zero-order chi connectivity index (χ0) is 24.8. The summed E-state index contributed by atoms with van der Waals surface area (Å²) in [6.45, 7) is 1.11. The van der Waals surface area contributed by atoms with Crippen LogP contribution < -0.4 is 10.6 Å².